The van der Waals surface area contributed by atoms with Crippen molar-refractivity contribution in [3.05, 3.63) is 88.4 Å². The molecule has 1 spiro atoms. The molecule has 0 saturated heterocycles. The largest absolute Gasteiger partial charge is 0.465 e. The molecule has 0 bridgehead atoms. The predicted molar refractivity (Wildman–Crippen MR) is 112 cm³/mol. The molecule has 0 radical (unpaired) electrons. The van der Waals surface area contributed by atoms with Gasteiger partial charge in [0.05, 0.1) is 19.2 Å². The van der Waals surface area contributed by atoms with Crippen LogP contribution in [-0.2, 0) is 26.3 Å². The molecule has 0 aliphatic carbocycles. The van der Waals surface area contributed by atoms with Crippen molar-refractivity contribution in [2.24, 2.45) is 5.73 Å². The van der Waals surface area contributed by atoms with Gasteiger partial charge in [0.15, 0.2) is 0 Å². The lowest BCUT2D eigenvalue weighted by atomic mass is 9.68. The number of rotatable bonds is 3. The van der Waals surface area contributed by atoms with Crippen LogP contribution in [0.4, 0.5) is 5.69 Å². The molecule has 2 aliphatic heterocycles. The van der Waals surface area contributed by atoms with Crippen molar-refractivity contribution in [3.8, 4) is 5.88 Å². The third-order valence-electron chi connectivity index (χ3n) is 5.85. The van der Waals surface area contributed by atoms with Crippen molar-refractivity contribution in [1.29, 1.82) is 0 Å². The van der Waals surface area contributed by atoms with E-state index in [2.05, 4.69) is 10.2 Å². The molecule has 1 atom stereocenters. The minimum atomic E-state index is -1.52. The highest BCUT2D eigenvalue weighted by molar-refractivity contribution is 6.18. The lowest BCUT2D eigenvalue weighted by Gasteiger charge is -2.34. The second kappa shape index (κ2) is 6.73. The molecule has 3 heterocycles. The van der Waals surface area contributed by atoms with E-state index in [4.69, 9.17) is 15.2 Å². The van der Waals surface area contributed by atoms with Crippen LogP contribution < -0.4 is 15.4 Å². The number of fused-ring (bicyclic) bond motifs is 4. The summed E-state index contributed by atoms with van der Waals surface area (Å²) in [6, 6.07) is 17.0. The number of amides is 1. The maximum atomic E-state index is 14.3. The van der Waals surface area contributed by atoms with E-state index in [0.29, 0.717) is 29.1 Å². The van der Waals surface area contributed by atoms with E-state index in [1.54, 1.807) is 11.8 Å². The van der Waals surface area contributed by atoms with Gasteiger partial charge in [-0.05, 0) is 18.6 Å². The molecule has 31 heavy (non-hydrogen) atoms. The molecule has 1 amide bonds. The summed E-state index contributed by atoms with van der Waals surface area (Å²) in [5.74, 6) is -1.06. The second-order valence-corrected chi connectivity index (χ2v) is 7.51. The second-order valence-electron chi connectivity index (χ2n) is 7.51. The molecule has 5 rings (SSSR count). The van der Waals surface area contributed by atoms with E-state index in [-0.39, 0.29) is 23.2 Å². The molecule has 8 nitrogen and oxygen atoms in total. The first-order chi connectivity index (χ1) is 15.0. The summed E-state index contributed by atoms with van der Waals surface area (Å²) in [6.45, 7) is 2.11. The van der Waals surface area contributed by atoms with Crippen molar-refractivity contribution in [2.45, 2.75) is 18.9 Å². The van der Waals surface area contributed by atoms with Crippen LogP contribution in [0.5, 0.6) is 5.88 Å². The summed E-state index contributed by atoms with van der Waals surface area (Å²) < 4.78 is 10.7. The number of esters is 1. The molecule has 8 heteroatoms. The highest BCUT2D eigenvalue weighted by Crippen LogP contribution is 2.56. The Bertz CT molecular complexity index is 1250. The first kappa shape index (κ1) is 18.9. The number of benzene rings is 2. The van der Waals surface area contributed by atoms with Gasteiger partial charge in [-0.2, -0.15) is 0 Å². The standard InChI is InChI=1S/C23H20N4O4/c1-13-17-20(26-25-13)31-19(24)18(21(28)30-2)23(17)15-10-6-7-11-16(15)27(22(23)29)12-14-8-4-3-5-9-14/h3-11H,12,24H2,1-2H3,(H,25,26)/t23-/m1/s1. The van der Waals surface area contributed by atoms with Gasteiger partial charge in [0.2, 0.25) is 17.7 Å². The minimum Gasteiger partial charge on any atom is -0.465 e. The Morgan fingerprint density at radius 3 is 2.65 bits per heavy atom. The number of carbonyl (C=O) groups excluding carboxylic acids is 2. The predicted octanol–water partition coefficient (Wildman–Crippen LogP) is 2.29. The number of methoxy groups -OCH3 is 1. The Morgan fingerprint density at radius 2 is 1.90 bits per heavy atom. The van der Waals surface area contributed by atoms with Crippen LogP contribution in [0.15, 0.2) is 66.1 Å². The number of carbonyl (C=O) groups is 2. The van der Waals surface area contributed by atoms with Gasteiger partial charge < -0.3 is 20.1 Å². The molecule has 156 valence electrons. The Kier molecular flexibility index (Phi) is 4.11. The van der Waals surface area contributed by atoms with Gasteiger partial charge in [0, 0.05) is 16.9 Å². The maximum Gasteiger partial charge on any atom is 0.340 e. The fraction of sp³-hybridized carbons (Fsp3) is 0.174. The number of hydrogen-bond acceptors (Lipinski definition) is 6. The minimum absolute atomic E-state index is 0.0417. The first-order valence-corrected chi connectivity index (χ1v) is 9.77. The number of aromatic nitrogens is 2. The fourth-order valence-electron chi connectivity index (χ4n) is 4.60. The molecule has 3 N–H and O–H groups in total. The average Bonchev–Trinajstić information content (AvgIpc) is 3.26. The van der Waals surface area contributed by atoms with Gasteiger partial charge >= 0.3 is 5.97 Å². The summed E-state index contributed by atoms with van der Waals surface area (Å²) in [6.07, 6.45) is 0. The number of aromatic amines is 1. The number of para-hydroxylation sites is 1. The normalized spacial score (nSPS) is 19.3. The van der Waals surface area contributed by atoms with Crippen molar-refractivity contribution in [2.75, 3.05) is 12.0 Å². The number of hydrogen-bond donors (Lipinski definition) is 2. The Hall–Kier alpha value is -4.07. The smallest absolute Gasteiger partial charge is 0.340 e. The van der Waals surface area contributed by atoms with Crippen LogP contribution in [0.2, 0.25) is 0 Å². The van der Waals surface area contributed by atoms with Gasteiger partial charge in [-0.3, -0.25) is 9.89 Å². The fourth-order valence-corrected chi connectivity index (χ4v) is 4.60. The molecular weight excluding hydrogens is 396 g/mol. The average molecular weight is 416 g/mol. The van der Waals surface area contributed by atoms with Crippen LogP contribution in [0.25, 0.3) is 0 Å². The van der Waals surface area contributed by atoms with Crippen molar-refractivity contribution in [3.63, 3.8) is 0 Å². The van der Waals surface area contributed by atoms with E-state index in [0.717, 1.165) is 5.56 Å². The summed E-state index contributed by atoms with van der Waals surface area (Å²) in [4.78, 5) is 28.9. The SMILES string of the molecule is COC(=O)C1=C(N)Oc2n[nH]c(C)c2[C@@]12C(=O)N(Cc1ccccc1)c1ccccc12. The van der Waals surface area contributed by atoms with Gasteiger partial charge in [0.25, 0.3) is 0 Å². The van der Waals surface area contributed by atoms with Crippen molar-refractivity contribution in [1.82, 2.24) is 10.2 Å². The van der Waals surface area contributed by atoms with Crippen molar-refractivity contribution < 1.29 is 19.1 Å². The Balaban J connectivity index is 1.82. The van der Waals surface area contributed by atoms with E-state index in [9.17, 15) is 9.59 Å². The zero-order chi connectivity index (χ0) is 21.8. The van der Waals surface area contributed by atoms with E-state index in [1.807, 2.05) is 54.6 Å². The summed E-state index contributed by atoms with van der Waals surface area (Å²) in [7, 11) is 1.25. The molecular formula is C23H20N4O4. The zero-order valence-electron chi connectivity index (χ0n) is 17.0. The third kappa shape index (κ3) is 2.44. The van der Waals surface area contributed by atoms with Crippen LogP contribution in [0.1, 0.15) is 22.4 Å². The number of aryl methyl sites for hydroxylation is 1. The van der Waals surface area contributed by atoms with Gasteiger partial charge in [-0.1, -0.05) is 48.5 Å². The molecule has 0 saturated carbocycles. The monoisotopic (exact) mass is 416 g/mol. The molecule has 2 aliphatic rings. The third-order valence-corrected chi connectivity index (χ3v) is 5.85. The molecule has 0 fully saturated rings. The van der Waals surface area contributed by atoms with E-state index >= 15 is 0 Å². The lowest BCUT2D eigenvalue weighted by Crippen LogP contribution is -2.48. The highest BCUT2D eigenvalue weighted by Gasteiger charge is 2.62. The Labute approximate surface area is 178 Å². The number of ether oxygens (including phenoxy) is 2. The molecule has 0 unspecified atom stereocenters. The number of H-pyrrole nitrogens is 1. The number of nitrogens with one attached hydrogen (secondary N) is 1. The Morgan fingerprint density at radius 1 is 1.19 bits per heavy atom. The van der Waals surface area contributed by atoms with Crippen LogP contribution in [-0.4, -0.2) is 29.2 Å². The quantitative estimate of drug-likeness (QED) is 0.634. The molecule has 1 aromatic heterocycles. The summed E-state index contributed by atoms with van der Waals surface area (Å²) in [5.41, 5.74) is 7.97. The van der Waals surface area contributed by atoms with Crippen LogP contribution in [0, 0.1) is 6.92 Å². The van der Waals surface area contributed by atoms with Gasteiger partial charge in [0.1, 0.15) is 11.0 Å². The lowest BCUT2D eigenvalue weighted by molar-refractivity contribution is -0.138. The first-order valence-electron chi connectivity index (χ1n) is 9.77. The number of nitrogens with zero attached hydrogens (tertiary/aromatic N) is 2. The van der Waals surface area contributed by atoms with Gasteiger partial charge in [-0.15, -0.1) is 5.10 Å². The van der Waals surface area contributed by atoms with Crippen molar-refractivity contribution >= 4 is 17.6 Å². The summed E-state index contributed by atoms with van der Waals surface area (Å²) >= 11 is 0. The number of nitrogens with two attached hydrogens (primary N) is 1. The van der Waals surface area contributed by atoms with Crippen LogP contribution >= 0.6 is 0 Å². The van der Waals surface area contributed by atoms with Gasteiger partial charge in [-0.25, -0.2) is 4.79 Å². The maximum absolute atomic E-state index is 14.3. The molecule has 3 aromatic rings. The molecule has 2 aromatic carbocycles. The number of anilines is 1. The van der Waals surface area contributed by atoms with E-state index in [1.165, 1.54) is 7.11 Å². The van der Waals surface area contributed by atoms with E-state index < -0.39 is 11.4 Å². The zero-order valence-corrected chi connectivity index (χ0v) is 17.0. The topological polar surface area (TPSA) is 111 Å². The highest BCUT2D eigenvalue weighted by atomic mass is 16.5. The van der Waals surface area contributed by atoms with Crippen LogP contribution in [0.3, 0.4) is 0 Å². The summed E-state index contributed by atoms with van der Waals surface area (Å²) in [5, 5.41) is 7.04.